The quantitative estimate of drug-likeness (QED) is 0.610. The van der Waals surface area contributed by atoms with E-state index in [2.05, 4.69) is 5.32 Å². The van der Waals surface area contributed by atoms with Crippen molar-refractivity contribution in [1.29, 1.82) is 0 Å². The molecule has 1 aliphatic carbocycles. The lowest BCUT2D eigenvalue weighted by atomic mass is 9.85. The lowest BCUT2D eigenvalue weighted by Gasteiger charge is -2.31. The van der Waals surface area contributed by atoms with Gasteiger partial charge in [-0.1, -0.05) is 19.4 Å². The van der Waals surface area contributed by atoms with Crippen LogP contribution < -0.4 is 10.2 Å². The molecule has 0 aromatic heterocycles. The van der Waals surface area contributed by atoms with Gasteiger partial charge in [0.1, 0.15) is 11.4 Å². The molecule has 0 bridgehead atoms. The Hall–Kier alpha value is -1.78. The maximum Gasteiger partial charge on any atom is 0.315 e. The highest BCUT2D eigenvalue weighted by molar-refractivity contribution is 5.76. The Balaban J connectivity index is 2.23. The lowest BCUT2D eigenvalue weighted by molar-refractivity contribution is -0.383. The molecule has 1 saturated carbocycles. The van der Waals surface area contributed by atoms with E-state index in [1.165, 1.54) is 19.3 Å². The highest BCUT2D eigenvalue weighted by atomic mass is 16.6. The van der Waals surface area contributed by atoms with E-state index >= 15 is 0 Å². The van der Waals surface area contributed by atoms with E-state index in [9.17, 15) is 10.1 Å². The third-order valence-corrected chi connectivity index (χ3v) is 3.93. The van der Waals surface area contributed by atoms with Crippen LogP contribution in [0.2, 0.25) is 0 Å². The van der Waals surface area contributed by atoms with Gasteiger partial charge in [0, 0.05) is 20.1 Å². The molecule has 1 fully saturated rings. The minimum Gasteiger partial charge on any atom is -0.379 e. The van der Waals surface area contributed by atoms with Crippen molar-refractivity contribution in [2.45, 2.75) is 32.6 Å². The zero-order chi connectivity index (χ0) is 14.5. The molecule has 20 heavy (non-hydrogen) atoms. The van der Waals surface area contributed by atoms with Crippen LogP contribution in [-0.2, 0) is 0 Å². The molecule has 5 nitrogen and oxygen atoms in total. The number of hydrogen-bond acceptors (Lipinski definition) is 4. The van der Waals surface area contributed by atoms with Crippen molar-refractivity contribution in [2.24, 2.45) is 5.92 Å². The predicted molar refractivity (Wildman–Crippen MR) is 82.5 cm³/mol. The average Bonchev–Trinajstić information content (AvgIpc) is 2.39. The van der Waals surface area contributed by atoms with Crippen molar-refractivity contribution in [3.8, 4) is 0 Å². The average molecular weight is 277 g/mol. The summed E-state index contributed by atoms with van der Waals surface area (Å²) in [6.45, 7) is 3.69. The Morgan fingerprint density at radius 1 is 1.45 bits per heavy atom. The summed E-state index contributed by atoms with van der Waals surface area (Å²) in [7, 11) is 1.95. The molecule has 0 aliphatic heterocycles. The van der Waals surface area contributed by atoms with Gasteiger partial charge in [0.2, 0.25) is 0 Å². The van der Waals surface area contributed by atoms with Crippen LogP contribution in [0.4, 0.5) is 17.1 Å². The second kappa shape index (κ2) is 6.59. The molecule has 1 aliphatic rings. The number of para-hydroxylation sites is 1. The molecule has 0 unspecified atom stereocenters. The fourth-order valence-electron chi connectivity index (χ4n) is 2.59. The van der Waals surface area contributed by atoms with E-state index in [0.717, 1.165) is 19.5 Å². The molecule has 0 radical (unpaired) electrons. The number of hydrogen-bond donors (Lipinski definition) is 1. The maximum absolute atomic E-state index is 11.4. The van der Waals surface area contributed by atoms with Crippen LogP contribution in [0.3, 0.4) is 0 Å². The van der Waals surface area contributed by atoms with E-state index in [1.54, 1.807) is 6.07 Å². The fraction of sp³-hybridized carbons (Fsp3) is 0.600. The summed E-state index contributed by atoms with van der Waals surface area (Å²) in [6.07, 6.45) is 4.72. The molecule has 1 N–H and O–H groups in total. The highest BCUT2D eigenvalue weighted by Gasteiger charge is 2.25. The summed E-state index contributed by atoms with van der Waals surface area (Å²) in [5, 5.41) is 14.6. The van der Waals surface area contributed by atoms with E-state index in [4.69, 9.17) is 0 Å². The molecule has 1 aromatic carbocycles. The van der Waals surface area contributed by atoms with Gasteiger partial charge in [-0.05, 0) is 37.3 Å². The lowest BCUT2D eigenvalue weighted by Crippen LogP contribution is -2.29. The van der Waals surface area contributed by atoms with Crippen molar-refractivity contribution in [1.82, 2.24) is 0 Å². The van der Waals surface area contributed by atoms with Crippen LogP contribution >= 0.6 is 0 Å². The van der Waals surface area contributed by atoms with Crippen LogP contribution in [0.25, 0.3) is 0 Å². The Morgan fingerprint density at radius 2 is 2.20 bits per heavy atom. The second-order valence-electron chi connectivity index (χ2n) is 5.53. The summed E-state index contributed by atoms with van der Waals surface area (Å²) in [5.41, 5.74) is 1.53. The number of nitro benzene ring substituents is 1. The molecule has 2 rings (SSSR count). The van der Waals surface area contributed by atoms with Crippen molar-refractivity contribution in [3.63, 3.8) is 0 Å². The van der Waals surface area contributed by atoms with Crippen LogP contribution in [0, 0.1) is 16.0 Å². The van der Waals surface area contributed by atoms with Gasteiger partial charge in [-0.3, -0.25) is 10.1 Å². The molecule has 0 spiro atoms. The van der Waals surface area contributed by atoms with Crippen LogP contribution in [0.5, 0.6) is 0 Å². The number of benzene rings is 1. The van der Waals surface area contributed by atoms with Crippen molar-refractivity contribution in [3.05, 3.63) is 28.3 Å². The van der Waals surface area contributed by atoms with E-state index in [-0.39, 0.29) is 10.6 Å². The van der Waals surface area contributed by atoms with Gasteiger partial charge >= 0.3 is 5.69 Å². The number of nitrogens with zero attached hydrogens (tertiary/aromatic N) is 2. The largest absolute Gasteiger partial charge is 0.379 e. The highest BCUT2D eigenvalue weighted by Crippen LogP contribution is 2.36. The molecular weight excluding hydrogens is 254 g/mol. The monoisotopic (exact) mass is 277 g/mol. The molecule has 1 aromatic rings. The van der Waals surface area contributed by atoms with Gasteiger partial charge in [0.25, 0.3) is 0 Å². The first-order valence-corrected chi connectivity index (χ1v) is 7.36. The van der Waals surface area contributed by atoms with Crippen molar-refractivity contribution < 1.29 is 4.92 Å². The molecular formula is C15H23N3O2. The molecule has 0 heterocycles. The first-order chi connectivity index (χ1) is 9.63. The van der Waals surface area contributed by atoms with E-state index in [0.29, 0.717) is 17.3 Å². The number of anilines is 2. The Morgan fingerprint density at radius 3 is 2.75 bits per heavy atom. The third-order valence-electron chi connectivity index (χ3n) is 3.93. The van der Waals surface area contributed by atoms with Gasteiger partial charge in [-0.15, -0.1) is 0 Å². The minimum atomic E-state index is -0.273. The standard InChI is InChI=1S/C15H23N3O2/c1-3-10-16-13-8-5-9-14(15(13)18(19)20)17(2)11-12-6-4-7-12/h5,8-9,12,16H,3-4,6-7,10-11H2,1-2H3. The fourth-order valence-corrected chi connectivity index (χ4v) is 2.59. The zero-order valence-corrected chi connectivity index (χ0v) is 12.3. The first-order valence-electron chi connectivity index (χ1n) is 7.36. The van der Waals surface area contributed by atoms with E-state index in [1.807, 2.05) is 31.0 Å². The zero-order valence-electron chi connectivity index (χ0n) is 12.3. The van der Waals surface area contributed by atoms with Crippen molar-refractivity contribution >= 4 is 17.1 Å². The number of nitrogens with one attached hydrogen (secondary N) is 1. The summed E-state index contributed by atoms with van der Waals surface area (Å²) in [6, 6.07) is 5.51. The molecule has 0 amide bonds. The smallest absolute Gasteiger partial charge is 0.315 e. The summed E-state index contributed by atoms with van der Waals surface area (Å²) >= 11 is 0. The SMILES string of the molecule is CCCNc1cccc(N(C)CC2CCC2)c1[N+](=O)[O-]. The maximum atomic E-state index is 11.4. The van der Waals surface area contributed by atoms with Gasteiger partial charge in [0.05, 0.1) is 4.92 Å². The topological polar surface area (TPSA) is 58.4 Å². The van der Waals surface area contributed by atoms with Gasteiger partial charge in [-0.25, -0.2) is 0 Å². The first kappa shape index (κ1) is 14.6. The van der Waals surface area contributed by atoms with Gasteiger partial charge < -0.3 is 10.2 Å². The molecule has 5 heteroatoms. The van der Waals surface area contributed by atoms with Gasteiger partial charge in [-0.2, -0.15) is 0 Å². The van der Waals surface area contributed by atoms with Crippen LogP contribution in [0.1, 0.15) is 32.6 Å². The molecule has 0 saturated heterocycles. The third kappa shape index (κ3) is 3.21. The summed E-state index contributed by atoms with van der Waals surface area (Å²) in [4.78, 5) is 13.2. The summed E-state index contributed by atoms with van der Waals surface area (Å²) < 4.78 is 0. The van der Waals surface area contributed by atoms with Gasteiger partial charge in [0.15, 0.2) is 0 Å². The molecule has 110 valence electrons. The normalized spacial score (nSPS) is 14.7. The van der Waals surface area contributed by atoms with Crippen molar-refractivity contribution in [2.75, 3.05) is 30.4 Å². The number of rotatable bonds is 7. The Kier molecular flexibility index (Phi) is 4.82. The van der Waals surface area contributed by atoms with E-state index < -0.39 is 0 Å². The van der Waals surface area contributed by atoms with Crippen LogP contribution in [0.15, 0.2) is 18.2 Å². The summed E-state index contributed by atoms with van der Waals surface area (Å²) in [5.74, 6) is 0.687. The predicted octanol–water partition coefficient (Wildman–Crippen LogP) is 3.65. The Bertz CT molecular complexity index is 472. The number of nitro groups is 1. The molecule has 0 atom stereocenters. The van der Waals surface area contributed by atoms with Crippen LogP contribution in [-0.4, -0.2) is 25.1 Å². The minimum absolute atomic E-state index is 0.197. The Labute approximate surface area is 120 Å². The second-order valence-corrected chi connectivity index (χ2v) is 5.53.